The lowest BCUT2D eigenvalue weighted by Gasteiger charge is -2.06. The molecule has 0 heterocycles. The Labute approximate surface area is 113 Å². The van der Waals surface area contributed by atoms with Crippen LogP contribution in [0.25, 0.3) is 0 Å². The van der Waals surface area contributed by atoms with Crippen molar-refractivity contribution >= 4 is 21.9 Å². The highest BCUT2D eigenvalue weighted by atomic mass is 79.9. The van der Waals surface area contributed by atoms with E-state index in [1.807, 2.05) is 30.3 Å². The molecule has 2 rings (SSSR count). The molecule has 0 saturated carbocycles. The molecular weight excluding hydrogens is 296 g/mol. The van der Waals surface area contributed by atoms with E-state index in [4.69, 9.17) is 9.84 Å². The van der Waals surface area contributed by atoms with E-state index in [-0.39, 0.29) is 5.56 Å². The topological polar surface area (TPSA) is 46.5 Å². The average molecular weight is 307 g/mol. The van der Waals surface area contributed by atoms with E-state index in [0.717, 1.165) is 15.8 Å². The Morgan fingerprint density at radius 1 is 1.17 bits per heavy atom. The molecule has 0 unspecified atom stereocenters. The van der Waals surface area contributed by atoms with Crippen molar-refractivity contribution in [2.75, 3.05) is 0 Å². The summed E-state index contributed by atoms with van der Waals surface area (Å²) in [5.41, 5.74) is 1.10. The van der Waals surface area contributed by atoms with Crippen molar-refractivity contribution in [3.8, 4) is 5.75 Å². The lowest BCUT2D eigenvalue weighted by Crippen LogP contribution is -2.00. The van der Waals surface area contributed by atoms with Crippen LogP contribution in [0, 0.1) is 0 Å². The predicted octanol–water partition coefficient (Wildman–Crippen LogP) is 3.73. The van der Waals surface area contributed by atoms with Gasteiger partial charge in [-0.25, -0.2) is 4.79 Å². The van der Waals surface area contributed by atoms with E-state index in [9.17, 15) is 4.79 Å². The molecule has 0 atom stereocenters. The third-order valence-electron chi connectivity index (χ3n) is 2.39. The molecule has 0 aliphatic rings. The number of hydrogen-bond acceptors (Lipinski definition) is 2. The van der Waals surface area contributed by atoms with Gasteiger partial charge < -0.3 is 9.84 Å². The van der Waals surface area contributed by atoms with E-state index in [1.54, 1.807) is 18.2 Å². The first kappa shape index (κ1) is 12.6. The average Bonchev–Trinajstić information content (AvgIpc) is 2.38. The molecule has 0 radical (unpaired) electrons. The molecule has 3 nitrogen and oxygen atoms in total. The Kier molecular flexibility index (Phi) is 3.99. The number of carboxylic acid groups (broad SMARTS) is 1. The summed E-state index contributed by atoms with van der Waals surface area (Å²) in [4.78, 5) is 10.8. The maximum atomic E-state index is 10.8. The second-order valence-electron chi connectivity index (χ2n) is 3.75. The number of rotatable bonds is 4. The fraction of sp³-hybridized carbons (Fsp3) is 0.0714. The maximum absolute atomic E-state index is 10.8. The number of benzene rings is 2. The van der Waals surface area contributed by atoms with Crippen LogP contribution in [0.15, 0.2) is 53.0 Å². The van der Waals surface area contributed by atoms with E-state index in [0.29, 0.717) is 6.61 Å². The monoisotopic (exact) mass is 306 g/mol. The summed E-state index contributed by atoms with van der Waals surface area (Å²) >= 11 is 3.35. The standard InChI is InChI=1S/C14H11BrO3/c15-12-4-6-13(7-5-12)18-9-10-2-1-3-11(8-10)14(16)17/h1-8H,9H2,(H,16,17). The zero-order valence-corrected chi connectivity index (χ0v) is 11.1. The van der Waals surface area contributed by atoms with Crippen molar-refractivity contribution in [3.63, 3.8) is 0 Å². The van der Waals surface area contributed by atoms with Gasteiger partial charge >= 0.3 is 5.97 Å². The lowest BCUT2D eigenvalue weighted by molar-refractivity contribution is 0.0696. The molecule has 0 aliphatic heterocycles. The van der Waals surface area contributed by atoms with Gasteiger partial charge in [-0.3, -0.25) is 0 Å². The first-order valence-electron chi connectivity index (χ1n) is 5.36. The summed E-state index contributed by atoms with van der Waals surface area (Å²) in [6.07, 6.45) is 0. The number of ether oxygens (including phenoxy) is 1. The molecule has 92 valence electrons. The third kappa shape index (κ3) is 3.34. The minimum atomic E-state index is -0.930. The summed E-state index contributed by atoms with van der Waals surface area (Å²) in [5, 5.41) is 8.88. The minimum absolute atomic E-state index is 0.270. The van der Waals surface area contributed by atoms with Crippen molar-refractivity contribution in [2.24, 2.45) is 0 Å². The van der Waals surface area contributed by atoms with E-state index in [2.05, 4.69) is 15.9 Å². The molecule has 18 heavy (non-hydrogen) atoms. The third-order valence-corrected chi connectivity index (χ3v) is 2.92. The van der Waals surface area contributed by atoms with Gasteiger partial charge in [0.05, 0.1) is 5.56 Å². The highest BCUT2D eigenvalue weighted by Crippen LogP contribution is 2.17. The molecular formula is C14H11BrO3. The largest absolute Gasteiger partial charge is 0.489 e. The van der Waals surface area contributed by atoms with Gasteiger partial charge in [-0.2, -0.15) is 0 Å². The SMILES string of the molecule is O=C(O)c1cccc(COc2ccc(Br)cc2)c1. The highest BCUT2D eigenvalue weighted by Gasteiger charge is 2.03. The van der Waals surface area contributed by atoms with E-state index >= 15 is 0 Å². The molecule has 2 aromatic carbocycles. The Morgan fingerprint density at radius 2 is 1.89 bits per heavy atom. The van der Waals surface area contributed by atoms with Crippen LogP contribution in [0.5, 0.6) is 5.75 Å². The van der Waals surface area contributed by atoms with Crippen LogP contribution in [-0.2, 0) is 6.61 Å². The second-order valence-corrected chi connectivity index (χ2v) is 4.66. The van der Waals surface area contributed by atoms with Gasteiger partial charge in [0, 0.05) is 4.47 Å². The molecule has 0 aromatic heterocycles. The van der Waals surface area contributed by atoms with Crippen LogP contribution in [0.3, 0.4) is 0 Å². The van der Waals surface area contributed by atoms with Crippen LogP contribution in [0.4, 0.5) is 0 Å². The van der Waals surface area contributed by atoms with Crippen LogP contribution in [-0.4, -0.2) is 11.1 Å². The first-order valence-corrected chi connectivity index (χ1v) is 6.15. The van der Waals surface area contributed by atoms with Gasteiger partial charge in [0.15, 0.2) is 0 Å². The summed E-state index contributed by atoms with van der Waals surface area (Å²) in [6, 6.07) is 14.2. The van der Waals surface area contributed by atoms with Crippen molar-refractivity contribution < 1.29 is 14.6 Å². The Morgan fingerprint density at radius 3 is 2.56 bits per heavy atom. The Balaban J connectivity index is 2.04. The second kappa shape index (κ2) is 5.69. The van der Waals surface area contributed by atoms with Crippen LogP contribution in [0.2, 0.25) is 0 Å². The number of carbonyl (C=O) groups is 1. The zero-order chi connectivity index (χ0) is 13.0. The quantitative estimate of drug-likeness (QED) is 0.936. The van der Waals surface area contributed by atoms with Crippen LogP contribution < -0.4 is 4.74 Å². The Hall–Kier alpha value is -1.81. The summed E-state index contributed by atoms with van der Waals surface area (Å²) in [6.45, 7) is 0.350. The first-order chi connectivity index (χ1) is 8.65. The van der Waals surface area contributed by atoms with Gasteiger partial charge in [0.2, 0.25) is 0 Å². The van der Waals surface area contributed by atoms with Gasteiger partial charge in [0.1, 0.15) is 12.4 Å². The molecule has 0 bridgehead atoms. The lowest BCUT2D eigenvalue weighted by atomic mass is 10.1. The molecule has 1 N–H and O–H groups in total. The van der Waals surface area contributed by atoms with Gasteiger partial charge in [-0.15, -0.1) is 0 Å². The number of halogens is 1. The smallest absolute Gasteiger partial charge is 0.335 e. The molecule has 0 fully saturated rings. The highest BCUT2D eigenvalue weighted by molar-refractivity contribution is 9.10. The van der Waals surface area contributed by atoms with Gasteiger partial charge in [-0.05, 0) is 42.0 Å². The van der Waals surface area contributed by atoms with Crippen LogP contribution >= 0.6 is 15.9 Å². The van der Waals surface area contributed by atoms with Crippen molar-refractivity contribution in [1.29, 1.82) is 0 Å². The van der Waals surface area contributed by atoms with Crippen LogP contribution in [0.1, 0.15) is 15.9 Å². The maximum Gasteiger partial charge on any atom is 0.335 e. The van der Waals surface area contributed by atoms with E-state index < -0.39 is 5.97 Å². The minimum Gasteiger partial charge on any atom is -0.489 e. The van der Waals surface area contributed by atoms with E-state index in [1.165, 1.54) is 0 Å². The van der Waals surface area contributed by atoms with Gasteiger partial charge in [-0.1, -0.05) is 28.1 Å². The fourth-order valence-corrected chi connectivity index (χ4v) is 1.76. The molecule has 0 spiro atoms. The summed E-state index contributed by atoms with van der Waals surface area (Å²) in [7, 11) is 0. The molecule has 0 saturated heterocycles. The fourth-order valence-electron chi connectivity index (χ4n) is 1.49. The molecule has 0 amide bonds. The Bertz CT molecular complexity index is 549. The van der Waals surface area contributed by atoms with Crippen molar-refractivity contribution in [1.82, 2.24) is 0 Å². The van der Waals surface area contributed by atoms with Gasteiger partial charge in [0.25, 0.3) is 0 Å². The predicted molar refractivity (Wildman–Crippen MR) is 71.9 cm³/mol. The molecule has 2 aromatic rings. The summed E-state index contributed by atoms with van der Waals surface area (Å²) < 4.78 is 6.56. The zero-order valence-electron chi connectivity index (χ0n) is 9.47. The van der Waals surface area contributed by atoms with Crippen molar-refractivity contribution in [3.05, 3.63) is 64.1 Å². The summed E-state index contributed by atoms with van der Waals surface area (Å²) in [5.74, 6) is -0.181. The number of aromatic carboxylic acids is 1. The number of hydrogen-bond donors (Lipinski definition) is 1. The van der Waals surface area contributed by atoms with Crippen molar-refractivity contribution in [2.45, 2.75) is 6.61 Å². The normalized spacial score (nSPS) is 10.1. The number of carboxylic acids is 1. The molecule has 0 aliphatic carbocycles. The molecule has 4 heteroatoms.